The standard InChI is InChI=1S/C48H48N2/c1-33-15-13-17-39(31-33)49(37-27-23-35(24-28-37)47(3,4)5)45-41-19-9-11-21-43(41)46(44-22-12-10-20-42(44)45)50(40-18-14-16-34(2)32-40)38-29-25-36(26-30-38)48(6,7)8/h9-32H,1-8H3. The van der Waals surface area contributed by atoms with Gasteiger partial charge in [-0.15, -0.1) is 0 Å². The van der Waals surface area contributed by atoms with Crippen LogP contribution >= 0.6 is 0 Å². The second kappa shape index (κ2) is 12.8. The summed E-state index contributed by atoms with van der Waals surface area (Å²) < 4.78 is 0. The second-order valence-corrected chi connectivity index (χ2v) is 15.7. The van der Waals surface area contributed by atoms with E-state index in [2.05, 4.69) is 211 Å². The van der Waals surface area contributed by atoms with E-state index in [1.54, 1.807) is 0 Å². The Morgan fingerprint density at radius 1 is 0.340 bits per heavy atom. The number of aryl methyl sites for hydroxylation is 2. The van der Waals surface area contributed by atoms with Crippen molar-refractivity contribution in [2.24, 2.45) is 0 Å². The molecule has 250 valence electrons. The zero-order valence-electron chi connectivity index (χ0n) is 30.8. The van der Waals surface area contributed by atoms with Crippen LogP contribution in [0.2, 0.25) is 0 Å². The average molecular weight is 653 g/mol. The molecule has 0 spiro atoms. The first-order chi connectivity index (χ1) is 23.9. The molecule has 7 aromatic rings. The van der Waals surface area contributed by atoms with Crippen LogP contribution in [-0.4, -0.2) is 0 Å². The molecular weight excluding hydrogens is 605 g/mol. The lowest BCUT2D eigenvalue weighted by atomic mass is 9.87. The number of hydrogen-bond acceptors (Lipinski definition) is 2. The molecule has 2 heteroatoms. The van der Waals surface area contributed by atoms with E-state index in [1.165, 1.54) is 55.2 Å². The first-order valence-electron chi connectivity index (χ1n) is 17.8. The molecule has 0 aliphatic carbocycles. The monoisotopic (exact) mass is 652 g/mol. The largest absolute Gasteiger partial charge is 0.309 e. The van der Waals surface area contributed by atoms with Crippen molar-refractivity contribution in [2.45, 2.75) is 66.2 Å². The van der Waals surface area contributed by atoms with Crippen LogP contribution in [0, 0.1) is 13.8 Å². The number of hydrogen-bond donors (Lipinski definition) is 0. The van der Waals surface area contributed by atoms with Gasteiger partial charge in [-0.1, -0.05) is 139 Å². The Morgan fingerprint density at radius 3 is 0.940 bits per heavy atom. The van der Waals surface area contributed by atoms with Gasteiger partial charge in [-0.2, -0.15) is 0 Å². The lowest BCUT2D eigenvalue weighted by Crippen LogP contribution is -2.16. The van der Waals surface area contributed by atoms with Crippen molar-refractivity contribution in [3.8, 4) is 0 Å². The lowest BCUT2D eigenvalue weighted by Gasteiger charge is -2.33. The third kappa shape index (κ3) is 6.27. The fraction of sp³-hybridized carbons (Fsp3) is 0.208. The van der Waals surface area contributed by atoms with Gasteiger partial charge in [-0.3, -0.25) is 0 Å². The fourth-order valence-electron chi connectivity index (χ4n) is 7.13. The highest BCUT2D eigenvalue weighted by atomic mass is 15.2. The minimum Gasteiger partial charge on any atom is -0.309 e. The molecule has 50 heavy (non-hydrogen) atoms. The van der Waals surface area contributed by atoms with Crippen LogP contribution in [-0.2, 0) is 10.8 Å². The van der Waals surface area contributed by atoms with Gasteiger partial charge in [0.05, 0.1) is 11.4 Å². The average Bonchev–Trinajstić information content (AvgIpc) is 3.09. The highest BCUT2D eigenvalue weighted by molar-refractivity contribution is 6.23. The summed E-state index contributed by atoms with van der Waals surface area (Å²) in [7, 11) is 0. The van der Waals surface area contributed by atoms with Crippen LogP contribution in [0.4, 0.5) is 34.1 Å². The predicted octanol–water partition coefficient (Wildman–Crippen LogP) is 14.1. The number of anilines is 6. The Kier molecular flexibility index (Phi) is 8.52. The van der Waals surface area contributed by atoms with Gasteiger partial charge in [-0.05, 0) is 95.5 Å². The summed E-state index contributed by atoms with van der Waals surface area (Å²) in [6, 6.07) is 53.9. The lowest BCUT2D eigenvalue weighted by molar-refractivity contribution is 0.590. The second-order valence-electron chi connectivity index (χ2n) is 15.7. The molecule has 0 atom stereocenters. The number of fused-ring (bicyclic) bond motifs is 2. The molecule has 0 N–H and O–H groups in total. The summed E-state index contributed by atoms with van der Waals surface area (Å²) in [4.78, 5) is 4.92. The van der Waals surface area contributed by atoms with Crippen molar-refractivity contribution >= 4 is 55.7 Å². The van der Waals surface area contributed by atoms with E-state index in [4.69, 9.17) is 0 Å². The number of nitrogens with zero attached hydrogens (tertiary/aromatic N) is 2. The Hall–Kier alpha value is -5.34. The van der Waals surface area contributed by atoms with Gasteiger partial charge in [0.1, 0.15) is 0 Å². The van der Waals surface area contributed by atoms with Gasteiger partial charge in [0, 0.05) is 44.3 Å². The molecular formula is C48H48N2. The van der Waals surface area contributed by atoms with Gasteiger partial charge < -0.3 is 9.80 Å². The maximum absolute atomic E-state index is 2.46. The molecule has 0 aromatic heterocycles. The molecule has 0 aliphatic rings. The minimum absolute atomic E-state index is 0.0675. The van der Waals surface area contributed by atoms with Crippen molar-refractivity contribution < 1.29 is 0 Å². The van der Waals surface area contributed by atoms with Crippen molar-refractivity contribution in [3.63, 3.8) is 0 Å². The maximum atomic E-state index is 2.46. The van der Waals surface area contributed by atoms with Crippen LogP contribution in [0.3, 0.4) is 0 Å². The fourth-order valence-corrected chi connectivity index (χ4v) is 7.13. The summed E-state index contributed by atoms with van der Waals surface area (Å²) >= 11 is 0. The summed E-state index contributed by atoms with van der Waals surface area (Å²) in [5.74, 6) is 0. The first-order valence-corrected chi connectivity index (χ1v) is 17.8. The van der Waals surface area contributed by atoms with Gasteiger partial charge in [0.25, 0.3) is 0 Å². The van der Waals surface area contributed by atoms with E-state index < -0.39 is 0 Å². The van der Waals surface area contributed by atoms with E-state index in [0.29, 0.717) is 0 Å². The summed E-state index contributed by atoms with van der Waals surface area (Å²) in [6.07, 6.45) is 0. The zero-order chi connectivity index (χ0) is 35.2. The van der Waals surface area contributed by atoms with E-state index in [0.717, 1.165) is 22.7 Å². The molecule has 0 amide bonds. The molecule has 0 bridgehead atoms. The van der Waals surface area contributed by atoms with Crippen molar-refractivity contribution in [2.75, 3.05) is 9.80 Å². The minimum atomic E-state index is 0.0675. The molecule has 7 aromatic carbocycles. The van der Waals surface area contributed by atoms with Crippen molar-refractivity contribution in [1.29, 1.82) is 0 Å². The summed E-state index contributed by atoms with van der Waals surface area (Å²) in [5, 5.41) is 4.80. The molecule has 0 fully saturated rings. The first kappa shape index (κ1) is 33.2. The third-order valence-corrected chi connectivity index (χ3v) is 9.82. The van der Waals surface area contributed by atoms with E-state index in [9.17, 15) is 0 Å². The van der Waals surface area contributed by atoms with Gasteiger partial charge in [0.2, 0.25) is 0 Å². The maximum Gasteiger partial charge on any atom is 0.0619 e. The molecule has 7 rings (SSSR count). The molecule has 0 radical (unpaired) electrons. The smallest absolute Gasteiger partial charge is 0.0619 e. The van der Waals surface area contributed by atoms with Gasteiger partial charge >= 0.3 is 0 Å². The summed E-state index contributed by atoms with van der Waals surface area (Å²) in [6.45, 7) is 18.0. The van der Waals surface area contributed by atoms with Crippen LogP contribution in [0.1, 0.15) is 63.8 Å². The molecule has 0 saturated heterocycles. The van der Waals surface area contributed by atoms with Crippen LogP contribution in [0.25, 0.3) is 21.5 Å². The van der Waals surface area contributed by atoms with Crippen molar-refractivity contribution in [1.82, 2.24) is 0 Å². The Bertz CT molecular complexity index is 2080. The van der Waals surface area contributed by atoms with Gasteiger partial charge in [0.15, 0.2) is 0 Å². The quantitative estimate of drug-likeness (QED) is 0.130. The van der Waals surface area contributed by atoms with Crippen LogP contribution < -0.4 is 9.80 Å². The molecule has 2 nitrogen and oxygen atoms in total. The number of benzene rings is 7. The Labute approximate surface area is 298 Å². The van der Waals surface area contributed by atoms with E-state index >= 15 is 0 Å². The molecule has 0 saturated carbocycles. The Morgan fingerprint density at radius 2 is 0.660 bits per heavy atom. The van der Waals surface area contributed by atoms with Crippen LogP contribution in [0.5, 0.6) is 0 Å². The van der Waals surface area contributed by atoms with E-state index in [-0.39, 0.29) is 10.8 Å². The third-order valence-electron chi connectivity index (χ3n) is 9.82. The number of rotatable bonds is 6. The van der Waals surface area contributed by atoms with Crippen LogP contribution in [0.15, 0.2) is 146 Å². The highest BCUT2D eigenvalue weighted by Crippen LogP contribution is 2.51. The molecule has 0 aliphatic heterocycles. The molecule has 0 unspecified atom stereocenters. The Balaban J connectivity index is 1.57. The van der Waals surface area contributed by atoms with Crippen molar-refractivity contribution in [3.05, 3.63) is 168 Å². The SMILES string of the molecule is Cc1cccc(N(c2ccc(C(C)(C)C)cc2)c2c3ccccc3c(N(c3ccc(C(C)(C)C)cc3)c3cccc(C)c3)c3ccccc23)c1. The summed E-state index contributed by atoms with van der Waals surface area (Å²) in [5.41, 5.74) is 12.2. The highest BCUT2D eigenvalue weighted by Gasteiger charge is 2.26. The van der Waals surface area contributed by atoms with Gasteiger partial charge in [-0.25, -0.2) is 0 Å². The zero-order valence-corrected chi connectivity index (χ0v) is 30.8. The normalized spacial score (nSPS) is 12.0. The van der Waals surface area contributed by atoms with E-state index in [1.807, 2.05) is 0 Å². The molecule has 0 heterocycles. The predicted molar refractivity (Wildman–Crippen MR) is 218 cm³/mol. The topological polar surface area (TPSA) is 6.48 Å².